The molecule has 0 saturated carbocycles. The summed E-state index contributed by atoms with van der Waals surface area (Å²) < 4.78 is 22.9. The van der Waals surface area contributed by atoms with Crippen molar-refractivity contribution in [1.29, 1.82) is 0 Å². The summed E-state index contributed by atoms with van der Waals surface area (Å²) in [6, 6.07) is 14.6. The predicted octanol–water partition coefficient (Wildman–Crippen LogP) is 5.97. The number of hydrogen-bond donors (Lipinski definition) is 2. The molecule has 0 radical (unpaired) electrons. The minimum absolute atomic E-state index is 0.162. The van der Waals surface area contributed by atoms with Gasteiger partial charge in [0.15, 0.2) is 23.0 Å². The molecule has 0 atom stereocenters. The Balaban J connectivity index is 1.70. The molecule has 0 aliphatic heterocycles. The Bertz CT molecular complexity index is 1310. The van der Waals surface area contributed by atoms with E-state index >= 15 is 0 Å². The van der Waals surface area contributed by atoms with Crippen LogP contribution in [0.15, 0.2) is 59.7 Å². The van der Waals surface area contributed by atoms with Crippen LogP contribution in [0.2, 0.25) is 5.02 Å². The average Bonchev–Trinajstić information content (AvgIpc) is 2.92. The number of benzene rings is 3. The predicted molar refractivity (Wildman–Crippen MR) is 149 cm³/mol. The monoisotopic (exact) mass is 554 g/mol. The van der Waals surface area contributed by atoms with Crippen LogP contribution in [-0.2, 0) is 6.61 Å². The summed E-state index contributed by atoms with van der Waals surface area (Å²) in [7, 11) is 0. The Labute approximate surface area is 232 Å². The molecule has 39 heavy (non-hydrogen) atoms. The molecule has 9 nitrogen and oxygen atoms in total. The quantitative estimate of drug-likeness (QED) is 0.186. The Morgan fingerprint density at radius 3 is 2.23 bits per heavy atom. The third kappa shape index (κ3) is 8.38. The van der Waals surface area contributed by atoms with Crippen LogP contribution in [0.25, 0.3) is 0 Å². The van der Waals surface area contributed by atoms with E-state index in [1.54, 1.807) is 42.5 Å². The lowest BCUT2D eigenvalue weighted by atomic mass is 10.1. The second-order valence-corrected chi connectivity index (χ2v) is 8.60. The van der Waals surface area contributed by atoms with Gasteiger partial charge < -0.3 is 24.1 Å². The zero-order valence-electron chi connectivity index (χ0n) is 22.0. The molecule has 0 fully saturated rings. The second-order valence-electron chi connectivity index (χ2n) is 8.20. The number of nitrogens with zero attached hydrogens (tertiary/aromatic N) is 1. The van der Waals surface area contributed by atoms with Gasteiger partial charge in [-0.2, -0.15) is 5.10 Å². The van der Waals surface area contributed by atoms with Gasteiger partial charge in [-0.15, -0.1) is 0 Å². The third-order valence-electron chi connectivity index (χ3n) is 5.26. The largest absolute Gasteiger partial charge is 0.490 e. The standard InChI is InChI=1S/C29H31ClN2O7/c1-4-13-38-24-12-11-22(16-25(24)36-5-2)28(33)32-31-17-20-14-23(30)27(26(15-20)37-6-3)39-18-19-7-9-21(10-8-19)29(34)35/h7-12,14-17H,4-6,13,18H2,1-3H3,(H,32,33)(H,34,35)/b31-17+. The number of carbonyl (C=O) groups is 2. The maximum Gasteiger partial charge on any atom is 0.335 e. The number of hydrazone groups is 1. The molecule has 10 heteroatoms. The molecule has 0 spiro atoms. The van der Waals surface area contributed by atoms with Gasteiger partial charge in [-0.25, -0.2) is 10.2 Å². The minimum Gasteiger partial charge on any atom is -0.490 e. The molecular formula is C29H31ClN2O7. The maximum absolute atomic E-state index is 12.7. The number of carbonyl (C=O) groups excluding carboxylic acids is 1. The molecular weight excluding hydrogens is 524 g/mol. The first-order valence-corrected chi connectivity index (χ1v) is 12.9. The molecule has 1 amide bonds. The van der Waals surface area contributed by atoms with Crippen molar-refractivity contribution in [2.75, 3.05) is 19.8 Å². The number of rotatable bonds is 14. The van der Waals surface area contributed by atoms with Gasteiger partial charge in [0.05, 0.1) is 36.6 Å². The summed E-state index contributed by atoms with van der Waals surface area (Å²) in [4.78, 5) is 23.7. The first kappa shape index (κ1) is 29.3. The number of aromatic carboxylic acids is 1. The van der Waals surface area contributed by atoms with E-state index in [0.29, 0.717) is 59.0 Å². The van der Waals surface area contributed by atoms with Gasteiger partial charge in [-0.3, -0.25) is 4.79 Å². The van der Waals surface area contributed by atoms with Crippen LogP contribution in [0.5, 0.6) is 23.0 Å². The van der Waals surface area contributed by atoms with E-state index in [1.165, 1.54) is 18.3 Å². The molecule has 0 aliphatic rings. The molecule has 3 aromatic rings. The van der Waals surface area contributed by atoms with E-state index in [-0.39, 0.29) is 12.2 Å². The van der Waals surface area contributed by atoms with Crippen molar-refractivity contribution in [1.82, 2.24) is 5.43 Å². The number of carboxylic acid groups (broad SMARTS) is 1. The summed E-state index contributed by atoms with van der Waals surface area (Å²) in [6.07, 6.45) is 2.30. The van der Waals surface area contributed by atoms with Crippen molar-refractivity contribution in [3.63, 3.8) is 0 Å². The Morgan fingerprint density at radius 2 is 1.56 bits per heavy atom. The highest BCUT2D eigenvalue weighted by Gasteiger charge is 2.14. The minimum atomic E-state index is -0.997. The highest BCUT2D eigenvalue weighted by molar-refractivity contribution is 6.32. The number of hydrogen-bond acceptors (Lipinski definition) is 7. The van der Waals surface area contributed by atoms with E-state index in [2.05, 4.69) is 10.5 Å². The summed E-state index contributed by atoms with van der Waals surface area (Å²) in [5.41, 5.74) is 4.41. The lowest BCUT2D eigenvalue weighted by molar-refractivity contribution is 0.0696. The zero-order valence-corrected chi connectivity index (χ0v) is 22.8. The van der Waals surface area contributed by atoms with Crippen molar-refractivity contribution in [2.45, 2.75) is 33.8 Å². The van der Waals surface area contributed by atoms with Crippen molar-refractivity contribution in [3.05, 3.63) is 81.9 Å². The smallest absolute Gasteiger partial charge is 0.335 e. The fourth-order valence-electron chi connectivity index (χ4n) is 3.44. The van der Waals surface area contributed by atoms with Crippen molar-refractivity contribution >= 4 is 29.7 Å². The maximum atomic E-state index is 12.7. The van der Waals surface area contributed by atoms with Gasteiger partial charge in [-0.05, 0) is 73.9 Å². The average molecular weight is 555 g/mol. The molecule has 0 saturated heterocycles. The van der Waals surface area contributed by atoms with Crippen molar-refractivity contribution in [3.8, 4) is 23.0 Å². The molecule has 2 N–H and O–H groups in total. The number of ether oxygens (including phenoxy) is 4. The second kappa shape index (κ2) is 14.6. The molecule has 3 rings (SSSR count). The van der Waals surface area contributed by atoms with Crippen LogP contribution in [0, 0.1) is 0 Å². The van der Waals surface area contributed by atoms with Crippen LogP contribution >= 0.6 is 11.6 Å². The lowest BCUT2D eigenvalue weighted by Gasteiger charge is -2.14. The first-order valence-electron chi connectivity index (χ1n) is 12.5. The summed E-state index contributed by atoms with van der Waals surface area (Å²) in [5.74, 6) is 0.405. The molecule has 0 bridgehead atoms. The summed E-state index contributed by atoms with van der Waals surface area (Å²) >= 11 is 6.48. The Kier molecular flexibility index (Phi) is 11.0. The van der Waals surface area contributed by atoms with Crippen LogP contribution in [-0.4, -0.2) is 43.0 Å². The highest BCUT2D eigenvalue weighted by Crippen LogP contribution is 2.37. The van der Waals surface area contributed by atoms with Crippen molar-refractivity contribution < 1.29 is 33.6 Å². The van der Waals surface area contributed by atoms with E-state index in [9.17, 15) is 9.59 Å². The van der Waals surface area contributed by atoms with Crippen LogP contribution in [0.4, 0.5) is 0 Å². The van der Waals surface area contributed by atoms with E-state index in [1.807, 2.05) is 20.8 Å². The van der Waals surface area contributed by atoms with Crippen LogP contribution in [0.1, 0.15) is 59.0 Å². The molecule has 3 aromatic carbocycles. The molecule has 0 aromatic heterocycles. The van der Waals surface area contributed by atoms with Crippen molar-refractivity contribution in [2.24, 2.45) is 5.10 Å². The number of amides is 1. The summed E-state index contributed by atoms with van der Waals surface area (Å²) in [6.45, 7) is 7.22. The summed E-state index contributed by atoms with van der Waals surface area (Å²) in [5, 5.41) is 13.4. The first-order chi connectivity index (χ1) is 18.9. The van der Waals surface area contributed by atoms with Gasteiger partial charge in [0.25, 0.3) is 5.91 Å². The Morgan fingerprint density at radius 1 is 0.872 bits per heavy atom. The lowest BCUT2D eigenvalue weighted by Crippen LogP contribution is -2.17. The van der Waals surface area contributed by atoms with E-state index in [0.717, 1.165) is 12.0 Å². The third-order valence-corrected chi connectivity index (χ3v) is 5.54. The van der Waals surface area contributed by atoms with Crippen LogP contribution in [0.3, 0.4) is 0 Å². The van der Waals surface area contributed by atoms with E-state index < -0.39 is 11.9 Å². The number of carboxylic acids is 1. The molecule has 0 unspecified atom stereocenters. The molecule has 0 aliphatic carbocycles. The molecule has 0 heterocycles. The van der Waals surface area contributed by atoms with Gasteiger partial charge >= 0.3 is 5.97 Å². The highest BCUT2D eigenvalue weighted by atomic mass is 35.5. The van der Waals surface area contributed by atoms with Gasteiger partial charge in [0.2, 0.25) is 0 Å². The number of nitrogens with one attached hydrogen (secondary N) is 1. The van der Waals surface area contributed by atoms with Crippen LogP contribution < -0.4 is 24.4 Å². The SMILES string of the molecule is CCCOc1ccc(C(=O)N/N=C/c2cc(Cl)c(OCc3ccc(C(=O)O)cc3)c(OCC)c2)cc1OCC. The molecule has 206 valence electrons. The van der Waals surface area contributed by atoms with Gasteiger partial charge in [0.1, 0.15) is 6.61 Å². The van der Waals surface area contributed by atoms with Gasteiger partial charge in [0, 0.05) is 5.56 Å². The fraction of sp³-hybridized carbons (Fsp3) is 0.276. The topological polar surface area (TPSA) is 116 Å². The Hall–Kier alpha value is -4.24. The zero-order chi connectivity index (χ0) is 28.2. The number of halogens is 1. The van der Waals surface area contributed by atoms with Gasteiger partial charge in [-0.1, -0.05) is 30.7 Å². The fourth-order valence-corrected chi connectivity index (χ4v) is 3.72. The normalized spacial score (nSPS) is 10.8. The van der Waals surface area contributed by atoms with E-state index in [4.69, 9.17) is 35.7 Å².